The van der Waals surface area contributed by atoms with Gasteiger partial charge in [-0.2, -0.15) is 0 Å². The second-order valence-corrected chi connectivity index (χ2v) is 2.76. The van der Waals surface area contributed by atoms with Gasteiger partial charge in [0, 0.05) is 0 Å². The number of hydrogen-bond donors (Lipinski definition) is 0. The van der Waals surface area contributed by atoms with E-state index in [0.717, 1.165) is 0 Å². The summed E-state index contributed by atoms with van der Waals surface area (Å²) in [5, 5.41) is 0. The van der Waals surface area contributed by atoms with Crippen LogP contribution in [0.2, 0.25) is 0 Å². The molecule has 0 aromatic heterocycles. The smallest absolute Gasteiger partial charge is 0.325 e. The van der Waals surface area contributed by atoms with E-state index in [4.69, 9.17) is 23.7 Å². The van der Waals surface area contributed by atoms with Crippen molar-refractivity contribution in [3.05, 3.63) is 12.2 Å². The minimum Gasteiger partial charge on any atom is -0.348 e. The number of carbonyl (C=O) groups is 2. The van der Waals surface area contributed by atoms with E-state index in [1.807, 2.05) is 0 Å². The summed E-state index contributed by atoms with van der Waals surface area (Å²) in [4.78, 5) is 21.0. The Morgan fingerprint density at radius 3 is 1.57 bits per heavy atom. The molecule has 0 amide bonds. The molecule has 80 valence electrons. The molecule has 0 saturated heterocycles. The number of carbonyl (C=O) groups excluding carboxylic acids is 2. The second kappa shape index (κ2) is 8.84. The lowest BCUT2D eigenvalue weighted by atomic mass is 10.2. The predicted octanol–water partition coefficient (Wildman–Crippen LogP) is 2.50. The van der Waals surface area contributed by atoms with Crippen molar-refractivity contribution in [1.29, 1.82) is 0 Å². The molecule has 4 nitrogen and oxygen atoms in total. The summed E-state index contributed by atoms with van der Waals surface area (Å²) in [7, 11) is 0. The van der Waals surface area contributed by atoms with E-state index in [1.165, 1.54) is 0 Å². The molecule has 0 heterocycles. The van der Waals surface area contributed by atoms with E-state index >= 15 is 0 Å². The van der Waals surface area contributed by atoms with Gasteiger partial charge in [0.1, 0.15) is 23.7 Å². The Morgan fingerprint density at radius 2 is 1.29 bits per heavy atom. The molecule has 0 saturated carbocycles. The Labute approximate surface area is 92.1 Å². The van der Waals surface area contributed by atoms with Gasteiger partial charge in [-0.15, -0.1) is 0 Å². The van der Waals surface area contributed by atoms with Crippen LogP contribution in [0.1, 0.15) is 25.7 Å². The molecule has 0 aliphatic rings. The second-order valence-electron chi connectivity index (χ2n) is 2.45. The first kappa shape index (κ1) is 13.3. The highest BCUT2D eigenvalue weighted by Gasteiger charge is 1.99. The van der Waals surface area contributed by atoms with Gasteiger partial charge >= 0.3 is 11.9 Å². The summed E-state index contributed by atoms with van der Waals surface area (Å²) >= 11 is 9.61. The molecule has 0 aliphatic carbocycles. The van der Waals surface area contributed by atoms with Crippen molar-refractivity contribution in [3.8, 4) is 0 Å². The largest absolute Gasteiger partial charge is 0.348 e. The van der Waals surface area contributed by atoms with Crippen LogP contribution in [0.15, 0.2) is 12.2 Å². The van der Waals surface area contributed by atoms with Crippen LogP contribution in [0.5, 0.6) is 0 Å². The summed E-state index contributed by atoms with van der Waals surface area (Å²) in [6.07, 6.45) is 5.02. The van der Waals surface area contributed by atoms with Gasteiger partial charge in [0.15, 0.2) is 0 Å². The van der Waals surface area contributed by atoms with Gasteiger partial charge in [-0.05, 0) is 12.8 Å². The first-order valence-electron chi connectivity index (χ1n) is 3.98. The van der Waals surface area contributed by atoms with E-state index in [9.17, 15) is 9.59 Å². The molecule has 0 spiro atoms. The fourth-order valence-corrected chi connectivity index (χ4v) is 0.870. The molecule has 0 rings (SSSR count). The Hall–Kier alpha value is -0.740. The van der Waals surface area contributed by atoms with Gasteiger partial charge in [0.2, 0.25) is 0 Å². The average Bonchev–Trinajstić information content (AvgIpc) is 2.22. The summed E-state index contributed by atoms with van der Waals surface area (Å²) in [5.74, 6) is -0.951. The van der Waals surface area contributed by atoms with Crippen LogP contribution in [-0.4, -0.2) is 11.9 Å². The minimum absolute atomic E-state index is 0.222. The molecular formula is C8H10Cl2O4. The minimum atomic E-state index is -0.475. The van der Waals surface area contributed by atoms with E-state index in [1.54, 1.807) is 12.2 Å². The highest BCUT2D eigenvalue weighted by Crippen LogP contribution is 2.00. The molecule has 0 unspecified atom stereocenters. The van der Waals surface area contributed by atoms with Crippen molar-refractivity contribution in [3.63, 3.8) is 0 Å². The molecule has 14 heavy (non-hydrogen) atoms. The quantitative estimate of drug-likeness (QED) is 0.670. The lowest BCUT2D eigenvalue weighted by Gasteiger charge is -1.92. The highest BCUT2D eigenvalue weighted by molar-refractivity contribution is 6.13. The molecule has 0 fully saturated rings. The van der Waals surface area contributed by atoms with Gasteiger partial charge in [0.05, 0.1) is 12.8 Å². The molecular weight excluding hydrogens is 231 g/mol. The zero-order chi connectivity index (χ0) is 10.8. The third kappa shape index (κ3) is 7.89. The fraction of sp³-hybridized carbons (Fsp3) is 0.500. The van der Waals surface area contributed by atoms with Crippen molar-refractivity contribution >= 4 is 35.7 Å². The summed E-state index contributed by atoms with van der Waals surface area (Å²) in [5.41, 5.74) is 0. The lowest BCUT2D eigenvalue weighted by molar-refractivity contribution is -0.134. The highest BCUT2D eigenvalue weighted by atomic mass is 35.5. The maximum absolute atomic E-state index is 10.5. The molecule has 0 radical (unpaired) electrons. The molecule has 0 N–H and O–H groups in total. The molecule has 0 atom stereocenters. The van der Waals surface area contributed by atoms with E-state index in [2.05, 4.69) is 8.58 Å². The third-order valence-electron chi connectivity index (χ3n) is 1.37. The summed E-state index contributed by atoms with van der Waals surface area (Å²) in [6, 6.07) is 0. The van der Waals surface area contributed by atoms with Gasteiger partial charge in [-0.1, -0.05) is 12.2 Å². The number of hydrogen-bond acceptors (Lipinski definition) is 4. The molecule has 0 aromatic carbocycles. The van der Waals surface area contributed by atoms with Crippen LogP contribution in [-0.2, 0) is 18.2 Å². The normalized spacial score (nSPS) is 10.1. The van der Waals surface area contributed by atoms with Crippen LogP contribution in [0.3, 0.4) is 0 Å². The summed E-state index contributed by atoms with van der Waals surface area (Å²) < 4.78 is 7.84. The lowest BCUT2D eigenvalue weighted by Crippen LogP contribution is -1.95. The fourth-order valence-electron chi connectivity index (χ4n) is 0.715. The zero-order valence-electron chi connectivity index (χ0n) is 7.37. The third-order valence-corrected chi connectivity index (χ3v) is 1.71. The first-order valence-corrected chi connectivity index (χ1v) is 4.60. The SMILES string of the molecule is O=C(CC/C=C/CCC(=O)OCl)OCl. The Kier molecular flexibility index (Phi) is 8.37. The molecule has 0 bridgehead atoms. The Morgan fingerprint density at radius 1 is 0.929 bits per heavy atom. The van der Waals surface area contributed by atoms with Crippen LogP contribution in [0, 0.1) is 0 Å². The molecule has 0 aliphatic heterocycles. The van der Waals surface area contributed by atoms with Crippen molar-refractivity contribution < 1.29 is 18.2 Å². The summed E-state index contributed by atoms with van der Waals surface area (Å²) in [6.45, 7) is 0. The van der Waals surface area contributed by atoms with Crippen molar-refractivity contribution in [2.24, 2.45) is 0 Å². The van der Waals surface area contributed by atoms with Crippen molar-refractivity contribution in [1.82, 2.24) is 0 Å². The molecule has 6 heteroatoms. The molecule has 0 aromatic rings. The van der Waals surface area contributed by atoms with Crippen molar-refractivity contribution in [2.45, 2.75) is 25.7 Å². The van der Waals surface area contributed by atoms with Crippen LogP contribution in [0.25, 0.3) is 0 Å². The van der Waals surface area contributed by atoms with Gasteiger partial charge < -0.3 is 8.58 Å². The van der Waals surface area contributed by atoms with Crippen LogP contribution < -0.4 is 0 Å². The van der Waals surface area contributed by atoms with E-state index in [0.29, 0.717) is 12.8 Å². The maximum atomic E-state index is 10.5. The van der Waals surface area contributed by atoms with E-state index in [-0.39, 0.29) is 12.8 Å². The number of rotatable bonds is 6. The van der Waals surface area contributed by atoms with Gasteiger partial charge in [-0.3, -0.25) is 9.59 Å². The van der Waals surface area contributed by atoms with E-state index < -0.39 is 11.9 Å². The van der Waals surface area contributed by atoms with Crippen LogP contribution in [0.4, 0.5) is 0 Å². The first-order chi connectivity index (χ1) is 6.70. The Balaban J connectivity index is 3.36. The number of allylic oxidation sites excluding steroid dienone is 2. The van der Waals surface area contributed by atoms with Crippen molar-refractivity contribution in [2.75, 3.05) is 0 Å². The van der Waals surface area contributed by atoms with Gasteiger partial charge in [-0.25, -0.2) is 0 Å². The zero-order valence-corrected chi connectivity index (χ0v) is 8.88. The van der Waals surface area contributed by atoms with Gasteiger partial charge in [0.25, 0.3) is 0 Å². The topological polar surface area (TPSA) is 52.6 Å². The standard InChI is InChI=1S/C8H10Cl2O4/c9-13-7(11)5-3-1-2-4-6-8(12)14-10/h1-2H,3-6H2/b2-1+. The van der Waals surface area contributed by atoms with Crippen LogP contribution >= 0.6 is 23.7 Å². The predicted molar refractivity (Wildman–Crippen MR) is 51.5 cm³/mol. The average molecular weight is 241 g/mol. The maximum Gasteiger partial charge on any atom is 0.325 e. The Bertz CT molecular complexity index is 193. The number of halogens is 2. The monoisotopic (exact) mass is 240 g/mol.